The normalized spacial score (nSPS) is 32.1. The molecular formula is C17H22ClNO2. The van der Waals surface area contributed by atoms with E-state index in [4.69, 9.17) is 4.74 Å². The molecule has 3 saturated heterocycles. The lowest BCUT2D eigenvalue weighted by Crippen LogP contribution is -2.52. The Morgan fingerprint density at radius 1 is 1.14 bits per heavy atom. The van der Waals surface area contributed by atoms with Crippen LogP contribution in [-0.4, -0.2) is 36.6 Å². The van der Waals surface area contributed by atoms with Crippen molar-refractivity contribution in [2.24, 2.45) is 5.92 Å². The topological polar surface area (TPSA) is 29.5 Å². The molecule has 1 aliphatic carbocycles. The Bertz CT molecular complexity index is 507. The largest absolute Gasteiger partial charge is 0.460 e. The molecule has 3 heterocycles. The SMILES string of the molecule is Cl.O=C(OC1CN2CCC1CC2)C1(c2ccccc2)CC1. The molecule has 0 N–H and O–H groups in total. The summed E-state index contributed by atoms with van der Waals surface area (Å²) in [4.78, 5) is 15.1. The highest BCUT2D eigenvalue weighted by atomic mass is 35.5. The molecule has 4 aliphatic rings. The van der Waals surface area contributed by atoms with Gasteiger partial charge in [-0.15, -0.1) is 12.4 Å². The lowest BCUT2D eigenvalue weighted by atomic mass is 9.85. The second kappa shape index (κ2) is 5.62. The highest BCUT2D eigenvalue weighted by Gasteiger charge is 2.54. The molecule has 0 spiro atoms. The number of piperidine rings is 3. The van der Waals surface area contributed by atoms with Crippen molar-refractivity contribution in [1.82, 2.24) is 4.90 Å². The summed E-state index contributed by atoms with van der Waals surface area (Å²) in [7, 11) is 0. The van der Waals surface area contributed by atoms with E-state index in [-0.39, 0.29) is 29.9 Å². The van der Waals surface area contributed by atoms with Gasteiger partial charge in [-0.25, -0.2) is 0 Å². The summed E-state index contributed by atoms with van der Waals surface area (Å²) >= 11 is 0. The quantitative estimate of drug-likeness (QED) is 0.804. The molecule has 0 aromatic heterocycles. The van der Waals surface area contributed by atoms with Gasteiger partial charge in [0.05, 0.1) is 5.41 Å². The van der Waals surface area contributed by atoms with Crippen LogP contribution in [0, 0.1) is 5.92 Å². The standard InChI is InChI=1S/C17H21NO2.ClH/c19-16(17(8-9-17)14-4-2-1-3-5-14)20-15-12-18-10-6-13(15)7-11-18;/h1-5,13,15H,6-12H2;1H. The summed E-state index contributed by atoms with van der Waals surface area (Å²) in [5.74, 6) is 0.609. The first-order valence-corrected chi connectivity index (χ1v) is 7.77. The number of carbonyl (C=O) groups is 1. The molecular weight excluding hydrogens is 286 g/mol. The van der Waals surface area contributed by atoms with Gasteiger partial charge in [0.2, 0.25) is 0 Å². The van der Waals surface area contributed by atoms with Crippen LogP contribution in [0.3, 0.4) is 0 Å². The zero-order valence-corrected chi connectivity index (χ0v) is 13.0. The van der Waals surface area contributed by atoms with Crippen molar-refractivity contribution in [1.29, 1.82) is 0 Å². The molecule has 1 aromatic carbocycles. The Hall–Kier alpha value is -1.06. The Kier molecular flexibility index (Phi) is 3.98. The van der Waals surface area contributed by atoms with E-state index in [9.17, 15) is 4.79 Å². The van der Waals surface area contributed by atoms with E-state index < -0.39 is 0 Å². The molecule has 4 heteroatoms. The minimum absolute atomic E-state index is 0. The van der Waals surface area contributed by atoms with Gasteiger partial charge in [-0.2, -0.15) is 0 Å². The van der Waals surface area contributed by atoms with E-state index in [0.29, 0.717) is 5.92 Å². The van der Waals surface area contributed by atoms with Crippen molar-refractivity contribution >= 4 is 18.4 Å². The van der Waals surface area contributed by atoms with E-state index in [0.717, 1.165) is 24.9 Å². The monoisotopic (exact) mass is 307 g/mol. The van der Waals surface area contributed by atoms with Gasteiger partial charge in [0.25, 0.3) is 0 Å². The Morgan fingerprint density at radius 2 is 1.81 bits per heavy atom. The summed E-state index contributed by atoms with van der Waals surface area (Å²) < 4.78 is 5.93. The van der Waals surface area contributed by atoms with E-state index in [1.807, 2.05) is 18.2 Å². The van der Waals surface area contributed by atoms with Crippen LogP contribution < -0.4 is 0 Å². The molecule has 1 aromatic rings. The highest BCUT2D eigenvalue weighted by molar-refractivity contribution is 5.86. The van der Waals surface area contributed by atoms with Crippen molar-refractivity contribution in [3.05, 3.63) is 35.9 Å². The smallest absolute Gasteiger partial charge is 0.316 e. The number of hydrogen-bond acceptors (Lipinski definition) is 3. The van der Waals surface area contributed by atoms with Gasteiger partial charge in [-0.05, 0) is 50.3 Å². The lowest BCUT2D eigenvalue weighted by Gasteiger charge is -2.44. The molecule has 1 unspecified atom stereocenters. The van der Waals surface area contributed by atoms with Crippen molar-refractivity contribution in [2.75, 3.05) is 19.6 Å². The number of hydrogen-bond donors (Lipinski definition) is 0. The maximum atomic E-state index is 12.6. The molecule has 114 valence electrons. The first-order chi connectivity index (χ1) is 9.78. The number of nitrogens with zero attached hydrogens (tertiary/aromatic N) is 1. The van der Waals surface area contributed by atoms with Gasteiger partial charge in [-0.3, -0.25) is 9.69 Å². The fourth-order valence-corrected chi connectivity index (χ4v) is 3.79. The minimum Gasteiger partial charge on any atom is -0.460 e. The van der Waals surface area contributed by atoms with Gasteiger partial charge in [0.1, 0.15) is 6.10 Å². The summed E-state index contributed by atoms with van der Waals surface area (Å²) in [6.07, 6.45) is 4.40. The van der Waals surface area contributed by atoms with Crippen LogP contribution in [-0.2, 0) is 14.9 Å². The van der Waals surface area contributed by atoms with E-state index in [1.54, 1.807) is 0 Å². The van der Waals surface area contributed by atoms with Gasteiger partial charge in [-0.1, -0.05) is 30.3 Å². The summed E-state index contributed by atoms with van der Waals surface area (Å²) in [6, 6.07) is 10.1. The highest BCUT2D eigenvalue weighted by Crippen LogP contribution is 2.49. The van der Waals surface area contributed by atoms with Crippen LogP contribution in [0.15, 0.2) is 30.3 Å². The van der Waals surface area contributed by atoms with E-state index >= 15 is 0 Å². The molecule has 0 radical (unpaired) electrons. The van der Waals surface area contributed by atoms with Gasteiger partial charge >= 0.3 is 5.97 Å². The summed E-state index contributed by atoms with van der Waals surface area (Å²) in [5, 5.41) is 0. The Labute approximate surface area is 132 Å². The number of rotatable bonds is 3. The summed E-state index contributed by atoms with van der Waals surface area (Å²) in [6.45, 7) is 3.31. The third kappa shape index (κ3) is 2.58. The Balaban J connectivity index is 0.00000132. The van der Waals surface area contributed by atoms with Crippen LogP contribution in [0.2, 0.25) is 0 Å². The fourth-order valence-electron chi connectivity index (χ4n) is 3.79. The minimum atomic E-state index is -0.326. The molecule has 1 atom stereocenters. The van der Waals surface area contributed by atoms with Crippen molar-refractivity contribution < 1.29 is 9.53 Å². The molecule has 3 aliphatic heterocycles. The van der Waals surface area contributed by atoms with Crippen molar-refractivity contribution in [3.63, 3.8) is 0 Å². The van der Waals surface area contributed by atoms with E-state index in [2.05, 4.69) is 17.0 Å². The predicted octanol–water partition coefficient (Wildman–Crippen LogP) is 2.78. The van der Waals surface area contributed by atoms with Crippen molar-refractivity contribution in [2.45, 2.75) is 37.2 Å². The second-order valence-electron chi connectivity index (χ2n) is 6.53. The van der Waals surface area contributed by atoms with Crippen LogP contribution in [0.1, 0.15) is 31.2 Å². The molecule has 3 nitrogen and oxygen atoms in total. The third-order valence-corrected chi connectivity index (χ3v) is 5.32. The first-order valence-electron chi connectivity index (χ1n) is 7.77. The molecule has 21 heavy (non-hydrogen) atoms. The number of ether oxygens (including phenoxy) is 1. The molecule has 1 saturated carbocycles. The van der Waals surface area contributed by atoms with Gasteiger partial charge < -0.3 is 4.74 Å². The number of benzene rings is 1. The third-order valence-electron chi connectivity index (χ3n) is 5.32. The van der Waals surface area contributed by atoms with Crippen LogP contribution in [0.25, 0.3) is 0 Å². The fraction of sp³-hybridized carbons (Fsp3) is 0.588. The molecule has 2 bridgehead atoms. The van der Waals surface area contributed by atoms with E-state index in [1.165, 1.54) is 25.9 Å². The van der Waals surface area contributed by atoms with Crippen molar-refractivity contribution in [3.8, 4) is 0 Å². The first kappa shape index (κ1) is 14.9. The number of carbonyl (C=O) groups excluding carboxylic acids is 1. The van der Waals surface area contributed by atoms with Gasteiger partial charge in [0, 0.05) is 6.54 Å². The van der Waals surface area contributed by atoms with Crippen LogP contribution >= 0.6 is 12.4 Å². The molecule has 0 amide bonds. The summed E-state index contributed by atoms with van der Waals surface area (Å²) in [5.41, 5.74) is 0.805. The maximum Gasteiger partial charge on any atom is 0.316 e. The van der Waals surface area contributed by atoms with Gasteiger partial charge in [0.15, 0.2) is 0 Å². The average Bonchev–Trinajstić information content (AvgIpc) is 3.31. The average molecular weight is 308 g/mol. The van der Waals surface area contributed by atoms with Crippen LogP contribution in [0.4, 0.5) is 0 Å². The lowest BCUT2D eigenvalue weighted by molar-refractivity contribution is -0.162. The van der Waals surface area contributed by atoms with Crippen LogP contribution in [0.5, 0.6) is 0 Å². The Morgan fingerprint density at radius 3 is 2.33 bits per heavy atom. The number of fused-ring (bicyclic) bond motifs is 3. The zero-order chi connectivity index (χ0) is 13.6. The number of esters is 1. The second-order valence-corrected chi connectivity index (χ2v) is 6.53. The number of halogens is 1. The molecule has 4 fully saturated rings. The predicted molar refractivity (Wildman–Crippen MR) is 83.6 cm³/mol. The maximum absolute atomic E-state index is 12.6. The molecule has 5 rings (SSSR count). The zero-order valence-electron chi connectivity index (χ0n) is 12.2.